The predicted octanol–water partition coefficient (Wildman–Crippen LogP) is -2.37. The molecule has 0 amide bonds. The van der Waals surface area contributed by atoms with Crippen LogP contribution in [0, 0.1) is 28.1 Å². The largest absolute Gasteiger partial charge is 0.481 e. The molecule has 21 atom stereocenters. The van der Waals surface area contributed by atoms with Gasteiger partial charge in [0.25, 0.3) is 0 Å². The Labute approximate surface area is 324 Å². The molecule has 11 N–H and O–H groups in total. The van der Waals surface area contributed by atoms with E-state index in [0.717, 1.165) is 24.8 Å². The van der Waals surface area contributed by atoms with Crippen molar-refractivity contribution in [1.29, 1.82) is 0 Å². The van der Waals surface area contributed by atoms with Gasteiger partial charge in [-0.15, -0.1) is 0 Å². The summed E-state index contributed by atoms with van der Waals surface area (Å²) in [4.78, 5) is 12.7. The fourth-order valence-corrected chi connectivity index (χ4v) is 11.9. The molecule has 1 spiro atoms. The van der Waals surface area contributed by atoms with Crippen LogP contribution in [0.1, 0.15) is 72.1 Å². The number of allylic oxidation sites excluding steroid dienone is 1. The number of aliphatic hydroxyl groups is 10. The lowest BCUT2D eigenvalue weighted by molar-refractivity contribution is -0.400. The molecule has 3 heterocycles. The maximum absolute atomic E-state index is 12.7. The van der Waals surface area contributed by atoms with Gasteiger partial charge in [0.15, 0.2) is 18.9 Å². The van der Waals surface area contributed by atoms with Gasteiger partial charge in [0.05, 0.1) is 30.8 Å². The van der Waals surface area contributed by atoms with Crippen molar-refractivity contribution in [3.05, 3.63) is 11.6 Å². The molecule has 6 fully saturated rings. The molecule has 0 aromatic carbocycles. The van der Waals surface area contributed by atoms with Gasteiger partial charge >= 0.3 is 5.97 Å². The summed E-state index contributed by atoms with van der Waals surface area (Å²) < 4.78 is 36.7. The fraction of sp³-hybridized carbons (Fsp3) is 0.921. The van der Waals surface area contributed by atoms with E-state index in [9.17, 15) is 61.0 Å². The van der Waals surface area contributed by atoms with Crippen LogP contribution in [0.4, 0.5) is 0 Å². The lowest BCUT2D eigenvalue weighted by atomic mass is 9.40. The average molecular weight is 805 g/mol. The maximum Gasteiger partial charge on any atom is 0.309 e. The van der Waals surface area contributed by atoms with Gasteiger partial charge in [-0.3, -0.25) is 4.79 Å². The zero-order valence-corrected chi connectivity index (χ0v) is 31.9. The Balaban J connectivity index is 1.22. The Morgan fingerprint density at radius 3 is 1.75 bits per heavy atom. The Kier molecular flexibility index (Phi) is 11.9. The highest BCUT2D eigenvalue weighted by atomic mass is 16.8. The normalized spacial score (nSPS) is 54.5. The molecule has 7 aliphatic rings. The number of carboxylic acid groups (broad SMARTS) is 1. The third kappa shape index (κ3) is 6.69. The number of rotatable bonds is 10. The van der Waals surface area contributed by atoms with Crippen LogP contribution >= 0.6 is 0 Å². The van der Waals surface area contributed by atoms with E-state index in [0.29, 0.717) is 32.1 Å². The summed E-state index contributed by atoms with van der Waals surface area (Å²) in [7, 11) is 0. The minimum Gasteiger partial charge on any atom is -0.481 e. The van der Waals surface area contributed by atoms with E-state index < -0.39 is 129 Å². The molecule has 18 nitrogen and oxygen atoms in total. The number of carboxylic acids is 1. The van der Waals surface area contributed by atoms with E-state index in [1.54, 1.807) is 0 Å². The van der Waals surface area contributed by atoms with Gasteiger partial charge in [-0.2, -0.15) is 0 Å². The summed E-state index contributed by atoms with van der Waals surface area (Å²) in [5.74, 6) is -0.619. The zero-order chi connectivity index (χ0) is 40.7. The van der Waals surface area contributed by atoms with E-state index in [1.165, 1.54) is 0 Å². The van der Waals surface area contributed by atoms with E-state index in [-0.39, 0.29) is 22.7 Å². The molecule has 18 heteroatoms. The smallest absolute Gasteiger partial charge is 0.309 e. The first-order valence-corrected chi connectivity index (χ1v) is 19.9. The summed E-state index contributed by atoms with van der Waals surface area (Å²) in [6, 6.07) is 0. The number of fused-ring (bicyclic) bond motifs is 3. The molecular formula is C38H60O18. The van der Waals surface area contributed by atoms with Gasteiger partial charge < -0.3 is 84.6 Å². The number of aliphatic carboxylic acids is 1. The minimum atomic E-state index is -1.91. The van der Waals surface area contributed by atoms with E-state index in [1.807, 2.05) is 13.8 Å². The highest BCUT2D eigenvalue weighted by Gasteiger charge is 2.68. The van der Waals surface area contributed by atoms with Crippen molar-refractivity contribution in [1.82, 2.24) is 0 Å². The average Bonchev–Trinajstić information content (AvgIpc) is 3.36. The Hall–Kier alpha value is -1.43. The molecule has 2 bridgehead atoms. The third-order valence-corrected chi connectivity index (χ3v) is 14.9. The number of hydrogen-bond acceptors (Lipinski definition) is 17. The van der Waals surface area contributed by atoms with E-state index in [2.05, 4.69) is 13.0 Å². The molecule has 0 radical (unpaired) electrons. The van der Waals surface area contributed by atoms with Crippen LogP contribution in [0.2, 0.25) is 0 Å². The van der Waals surface area contributed by atoms with Crippen molar-refractivity contribution in [3.63, 3.8) is 0 Å². The van der Waals surface area contributed by atoms with Gasteiger partial charge in [0.2, 0.25) is 0 Å². The third-order valence-electron chi connectivity index (χ3n) is 14.9. The van der Waals surface area contributed by atoms with Crippen LogP contribution in [0.3, 0.4) is 0 Å². The Morgan fingerprint density at radius 1 is 0.679 bits per heavy atom. The molecule has 56 heavy (non-hydrogen) atoms. The SMILES string of the molecule is CC1=CC23CCC4[C@](C)(CCC[C@@]4(C)C(=O)O)C2CC[C@@]1(O[C@@H]1O[C@H](CO)[C@@H](O)[C@H](O[C@@H]2O[C@H](CO)[C@@H](O)[C@H](O)[C@H]2O)[C@H]1O[C@@H]1O[C@H](CO)[C@@H](O)[C@H](O)[C@H]1O)C3. The van der Waals surface area contributed by atoms with Gasteiger partial charge in [0.1, 0.15) is 73.2 Å². The summed E-state index contributed by atoms with van der Waals surface area (Å²) in [5.41, 5.74) is -1.51. The van der Waals surface area contributed by atoms with Crippen molar-refractivity contribution in [2.45, 2.75) is 170 Å². The molecule has 3 unspecified atom stereocenters. The molecule has 0 aromatic rings. The number of aliphatic hydroxyl groups excluding tert-OH is 10. The summed E-state index contributed by atoms with van der Waals surface area (Å²) >= 11 is 0. The number of hydrogen-bond donors (Lipinski definition) is 11. The first kappa shape index (κ1) is 42.7. The molecule has 3 saturated heterocycles. The molecule has 3 saturated carbocycles. The van der Waals surface area contributed by atoms with Crippen molar-refractivity contribution in [2.24, 2.45) is 28.1 Å². The quantitative estimate of drug-likeness (QED) is 0.0812. The lowest BCUT2D eigenvalue weighted by Gasteiger charge is -2.64. The van der Waals surface area contributed by atoms with E-state index >= 15 is 0 Å². The topological polar surface area (TPSA) is 295 Å². The monoisotopic (exact) mass is 804 g/mol. The molecule has 0 aromatic heterocycles. The van der Waals surface area contributed by atoms with Gasteiger partial charge in [-0.25, -0.2) is 0 Å². The van der Waals surface area contributed by atoms with Gasteiger partial charge in [-0.1, -0.05) is 19.4 Å². The van der Waals surface area contributed by atoms with Crippen LogP contribution in [0.25, 0.3) is 0 Å². The fourth-order valence-electron chi connectivity index (χ4n) is 11.9. The van der Waals surface area contributed by atoms with Gasteiger partial charge in [0, 0.05) is 0 Å². The Bertz CT molecular complexity index is 1460. The maximum atomic E-state index is 12.7. The Morgan fingerprint density at radius 2 is 1.20 bits per heavy atom. The van der Waals surface area contributed by atoms with Crippen LogP contribution in [-0.2, 0) is 33.2 Å². The summed E-state index contributed by atoms with van der Waals surface area (Å²) in [5, 5.41) is 116. The number of carbonyl (C=O) groups is 1. The second kappa shape index (κ2) is 15.6. The number of ether oxygens (including phenoxy) is 6. The van der Waals surface area contributed by atoms with Gasteiger partial charge in [-0.05, 0) is 87.0 Å². The first-order chi connectivity index (χ1) is 26.4. The predicted molar refractivity (Wildman–Crippen MR) is 187 cm³/mol. The molecule has 4 aliphatic carbocycles. The summed E-state index contributed by atoms with van der Waals surface area (Å²) in [6.07, 6.45) is -17.5. The van der Waals surface area contributed by atoms with Crippen molar-refractivity contribution in [2.75, 3.05) is 19.8 Å². The van der Waals surface area contributed by atoms with E-state index in [4.69, 9.17) is 28.4 Å². The molecular weight excluding hydrogens is 744 g/mol. The van der Waals surface area contributed by atoms with Crippen molar-refractivity contribution < 1.29 is 89.4 Å². The highest BCUT2D eigenvalue weighted by Crippen LogP contribution is 2.72. The molecule has 7 rings (SSSR count). The summed E-state index contributed by atoms with van der Waals surface area (Å²) in [6.45, 7) is 3.77. The van der Waals surface area contributed by atoms with Crippen molar-refractivity contribution in [3.8, 4) is 0 Å². The highest BCUT2D eigenvalue weighted by molar-refractivity contribution is 5.75. The van der Waals surface area contributed by atoms with Crippen LogP contribution < -0.4 is 0 Å². The second-order valence-electron chi connectivity index (χ2n) is 17.9. The zero-order valence-electron chi connectivity index (χ0n) is 31.9. The van der Waals surface area contributed by atoms with Crippen molar-refractivity contribution >= 4 is 5.97 Å². The van der Waals surface area contributed by atoms with Crippen LogP contribution in [0.15, 0.2) is 11.6 Å². The van der Waals surface area contributed by atoms with Crippen LogP contribution in [-0.4, -0.2) is 180 Å². The molecule has 320 valence electrons. The first-order valence-electron chi connectivity index (χ1n) is 19.9. The second-order valence-corrected chi connectivity index (χ2v) is 17.9. The standard InChI is InChI=1S/C38H60O18/c1-16-11-37-9-5-20-35(2,7-4-8-36(20,3)34(49)50)21(37)6-10-38(16,15-37)56-33-30(55-32-28(48)26(46)23(43)18(13-40)52-32)29(24(44)19(14-41)53-33)54-31-27(47)25(45)22(42)17(12-39)51-31/h11,17-33,39-48H,4-10,12-15H2,1-3H3,(H,49,50)/t17-,18-,19-,20?,21?,22-,23-,24-,25+,26+,27-,28-,29+,30-,31+,32+,33+,35+,36-,37?,38-/m1/s1. The van der Waals surface area contributed by atoms with Crippen LogP contribution in [0.5, 0.6) is 0 Å². The lowest BCUT2D eigenvalue weighted by Crippen LogP contribution is -2.68. The molecule has 3 aliphatic heterocycles. The minimum absolute atomic E-state index is 0.00952.